The van der Waals surface area contributed by atoms with E-state index in [1.807, 2.05) is 18.2 Å². The van der Waals surface area contributed by atoms with Gasteiger partial charge < -0.3 is 19.9 Å². The first-order valence-corrected chi connectivity index (χ1v) is 6.37. The molecule has 4 heteroatoms. The summed E-state index contributed by atoms with van der Waals surface area (Å²) in [4.78, 5) is 0. The molecule has 1 aliphatic rings. The number of ether oxygens (including phenoxy) is 2. The van der Waals surface area contributed by atoms with E-state index in [9.17, 15) is 5.11 Å². The molecule has 0 aromatic heterocycles. The highest BCUT2D eigenvalue weighted by Crippen LogP contribution is 2.39. The summed E-state index contributed by atoms with van der Waals surface area (Å²) in [6.07, 6.45) is 1.42. The topological polar surface area (TPSA) is 50.7 Å². The van der Waals surface area contributed by atoms with Crippen LogP contribution in [0.5, 0.6) is 11.5 Å². The Balaban J connectivity index is 2.29. The molecule has 4 nitrogen and oxygen atoms in total. The standard InChI is InChI=1S/C14H21NO3/c1-17-11-4-3-5-12(18-2)13(11)14(16)10-6-8-15-9-7-10/h3-5,10,14-16H,6-9H2,1-2H3. The van der Waals surface area contributed by atoms with Crippen molar-refractivity contribution in [2.45, 2.75) is 18.9 Å². The minimum Gasteiger partial charge on any atom is -0.496 e. The molecule has 0 radical (unpaired) electrons. The number of rotatable bonds is 4. The molecule has 1 unspecified atom stereocenters. The van der Waals surface area contributed by atoms with Crippen molar-refractivity contribution >= 4 is 0 Å². The van der Waals surface area contributed by atoms with Gasteiger partial charge in [0.25, 0.3) is 0 Å². The van der Waals surface area contributed by atoms with Crippen molar-refractivity contribution in [3.05, 3.63) is 23.8 Å². The van der Waals surface area contributed by atoms with Crippen molar-refractivity contribution < 1.29 is 14.6 Å². The lowest BCUT2D eigenvalue weighted by Crippen LogP contribution is -2.31. The molecule has 100 valence electrons. The summed E-state index contributed by atoms with van der Waals surface area (Å²) >= 11 is 0. The van der Waals surface area contributed by atoms with E-state index >= 15 is 0 Å². The van der Waals surface area contributed by atoms with E-state index in [-0.39, 0.29) is 5.92 Å². The fourth-order valence-corrected chi connectivity index (χ4v) is 2.57. The zero-order valence-corrected chi connectivity index (χ0v) is 11.0. The summed E-state index contributed by atoms with van der Waals surface area (Å²) < 4.78 is 10.7. The number of piperidine rings is 1. The first-order chi connectivity index (χ1) is 8.77. The van der Waals surface area contributed by atoms with Crippen LogP contribution < -0.4 is 14.8 Å². The maximum absolute atomic E-state index is 10.6. The predicted molar refractivity (Wildman–Crippen MR) is 70.1 cm³/mol. The van der Waals surface area contributed by atoms with E-state index in [1.165, 1.54) is 0 Å². The fraction of sp³-hybridized carbons (Fsp3) is 0.571. The van der Waals surface area contributed by atoms with Crippen molar-refractivity contribution in [3.63, 3.8) is 0 Å². The zero-order chi connectivity index (χ0) is 13.0. The molecule has 18 heavy (non-hydrogen) atoms. The molecular weight excluding hydrogens is 230 g/mol. The van der Waals surface area contributed by atoms with Crippen LogP contribution in [0.15, 0.2) is 18.2 Å². The summed E-state index contributed by atoms with van der Waals surface area (Å²) in [6.45, 7) is 1.92. The third kappa shape index (κ3) is 2.60. The van der Waals surface area contributed by atoms with Gasteiger partial charge in [0, 0.05) is 0 Å². The Hall–Kier alpha value is -1.26. The number of benzene rings is 1. The van der Waals surface area contributed by atoms with Crippen LogP contribution in [0.3, 0.4) is 0 Å². The number of aliphatic hydroxyl groups excluding tert-OH is 1. The molecule has 0 bridgehead atoms. The van der Waals surface area contributed by atoms with Gasteiger partial charge in [-0.2, -0.15) is 0 Å². The Morgan fingerprint density at radius 1 is 1.17 bits per heavy atom. The van der Waals surface area contributed by atoms with E-state index in [1.54, 1.807) is 14.2 Å². The van der Waals surface area contributed by atoms with Gasteiger partial charge in [-0.3, -0.25) is 0 Å². The van der Waals surface area contributed by atoms with E-state index in [0.717, 1.165) is 31.5 Å². The van der Waals surface area contributed by atoms with Crippen molar-refractivity contribution in [2.75, 3.05) is 27.3 Å². The SMILES string of the molecule is COc1cccc(OC)c1C(O)C1CCNCC1. The Labute approximate surface area is 108 Å². The molecule has 1 aliphatic heterocycles. The van der Waals surface area contributed by atoms with Gasteiger partial charge in [-0.25, -0.2) is 0 Å². The van der Waals surface area contributed by atoms with Crippen LogP contribution in [0.4, 0.5) is 0 Å². The zero-order valence-electron chi connectivity index (χ0n) is 11.0. The van der Waals surface area contributed by atoms with Crippen molar-refractivity contribution in [1.29, 1.82) is 0 Å². The van der Waals surface area contributed by atoms with Crippen LogP contribution in [0, 0.1) is 5.92 Å². The minimum absolute atomic E-state index is 0.261. The molecule has 2 rings (SSSR count). The van der Waals surface area contributed by atoms with E-state index in [2.05, 4.69) is 5.32 Å². The van der Waals surface area contributed by atoms with Gasteiger partial charge in [0.1, 0.15) is 11.5 Å². The van der Waals surface area contributed by atoms with Gasteiger partial charge in [-0.1, -0.05) is 6.07 Å². The first-order valence-electron chi connectivity index (χ1n) is 6.37. The van der Waals surface area contributed by atoms with Gasteiger partial charge in [-0.15, -0.1) is 0 Å². The van der Waals surface area contributed by atoms with Crippen molar-refractivity contribution in [2.24, 2.45) is 5.92 Å². The number of nitrogens with one attached hydrogen (secondary N) is 1. The number of hydrogen-bond acceptors (Lipinski definition) is 4. The molecule has 1 heterocycles. The van der Waals surface area contributed by atoms with E-state index in [0.29, 0.717) is 11.5 Å². The summed E-state index contributed by atoms with van der Waals surface area (Å²) in [5.41, 5.74) is 0.773. The Morgan fingerprint density at radius 2 is 1.72 bits per heavy atom. The monoisotopic (exact) mass is 251 g/mol. The van der Waals surface area contributed by atoms with Crippen LogP contribution in [-0.4, -0.2) is 32.4 Å². The van der Waals surface area contributed by atoms with Crippen LogP contribution in [-0.2, 0) is 0 Å². The highest BCUT2D eigenvalue weighted by Gasteiger charge is 2.27. The van der Waals surface area contributed by atoms with Crippen molar-refractivity contribution in [3.8, 4) is 11.5 Å². The summed E-state index contributed by atoms with van der Waals surface area (Å²) in [6, 6.07) is 5.60. The highest BCUT2D eigenvalue weighted by atomic mass is 16.5. The maximum Gasteiger partial charge on any atom is 0.128 e. The fourth-order valence-electron chi connectivity index (χ4n) is 2.57. The lowest BCUT2D eigenvalue weighted by molar-refractivity contribution is 0.0839. The molecule has 0 saturated carbocycles. The quantitative estimate of drug-likeness (QED) is 0.856. The first kappa shape index (κ1) is 13.2. The van der Waals surface area contributed by atoms with Crippen LogP contribution in [0.2, 0.25) is 0 Å². The Bertz CT molecular complexity index is 366. The number of methoxy groups -OCH3 is 2. The number of aliphatic hydroxyl groups is 1. The maximum atomic E-state index is 10.6. The van der Waals surface area contributed by atoms with Gasteiger partial charge in [0.2, 0.25) is 0 Å². The molecule has 2 N–H and O–H groups in total. The molecule has 1 aromatic rings. The predicted octanol–water partition coefficient (Wildman–Crippen LogP) is 1.74. The third-order valence-electron chi connectivity index (χ3n) is 3.59. The third-order valence-corrected chi connectivity index (χ3v) is 3.59. The van der Waals surface area contributed by atoms with Gasteiger partial charge in [0.15, 0.2) is 0 Å². The van der Waals surface area contributed by atoms with E-state index in [4.69, 9.17) is 9.47 Å². The Morgan fingerprint density at radius 3 is 2.22 bits per heavy atom. The smallest absolute Gasteiger partial charge is 0.128 e. The second-order valence-electron chi connectivity index (χ2n) is 4.61. The second kappa shape index (κ2) is 6.07. The van der Waals surface area contributed by atoms with Gasteiger partial charge in [0.05, 0.1) is 25.9 Å². The Kier molecular flexibility index (Phi) is 4.44. The molecule has 1 atom stereocenters. The minimum atomic E-state index is -0.529. The average Bonchev–Trinajstić information content (AvgIpc) is 2.46. The molecular formula is C14H21NO3. The lowest BCUT2D eigenvalue weighted by Gasteiger charge is -2.29. The average molecular weight is 251 g/mol. The molecule has 0 spiro atoms. The number of hydrogen-bond donors (Lipinski definition) is 2. The molecule has 1 aromatic carbocycles. The molecule has 1 fully saturated rings. The van der Waals surface area contributed by atoms with E-state index < -0.39 is 6.10 Å². The summed E-state index contributed by atoms with van der Waals surface area (Å²) in [5, 5.41) is 13.9. The largest absolute Gasteiger partial charge is 0.496 e. The lowest BCUT2D eigenvalue weighted by atomic mass is 9.87. The highest BCUT2D eigenvalue weighted by molar-refractivity contribution is 5.46. The van der Waals surface area contributed by atoms with Crippen LogP contribution in [0.25, 0.3) is 0 Å². The summed E-state index contributed by atoms with van der Waals surface area (Å²) in [7, 11) is 3.24. The molecule has 0 aliphatic carbocycles. The van der Waals surface area contributed by atoms with Crippen LogP contribution >= 0.6 is 0 Å². The second-order valence-corrected chi connectivity index (χ2v) is 4.61. The molecule has 1 saturated heterocycles. The van der Waals surface area contributed by atoms with Gasteiger partial charge >= 0.3 is 0 Å². The van der Waals surface area contributed by atoms with Gasteiger partial charge in [-0.05, 0) is 44.0 Å². The molecule has 0 amide bonds. The van der Waals surface area contributed by atoms with Crippen LogP contribution in [0.1, 0.15) is 24.5 Å². The summed E-state index contributed by atoms with van der Waals surface area (Å²) in [5.74, 6) is 1.65. The van der Waals surface area contributed by atoms with Crippen molar-refractivity contribution in [1.82, 2.24) is 5.32 Å². The normalized spacial score (nSPS) is 18.4.